The average molecular weight is 463 g/mol. The molecular weight excluding hydrogens is 451 g/mol. The number of benzene rings is 1. The summed E-state index contributed by atoms with van der Waals surface area (Å²) >= 11 is 2.15. The number of aromatic nitrogens is 2. The van der Waals surface area contributed by atoms with E-state index in [0.717, 1.165) is 46.9 Å². The highest BCUT2D eigenvalue weighted by molar-refractivity contribution is 7.92. The number of alkyl halides is 3. The third-order valence-corrected chi connectivity index (χ3v) is 6.98. The van der Waals surface area contributed by atoms with E-state index in [2.05, 4.69) is 15.3 Å². The van der Waals surface area contributed by atoms with Gasteiger partial charge in [0.05, 0.1) is 21.9 Å². The van der Waals surface area contributed by atoms with Gasteiger partial charge in [-0.3, -0.25) is 9.59 Å². The van der Waals surface area contributed by atoms with E-state index in [1.54, 1.807) is 12.3 Å². The van der Waals surface area contributed by atoms with Gasteiger partial charge in [0.25, 0.3) is 9.84 Å². The van der Waals surface area contributed by atoms with E-state index in [-0.39, 0.29) is 11.3 Å². The molecule has 0 aliphatic heterocycles. The van der Waals surface area contributed by atoms with Crippen LogP contribution < -0.4 is 10.2 Å². The van der Waals surface area contributed by atoms with Gasteiger partial charge < -0.3 is 10.3 Å². The zero-order valence-corrected chi connectivity index (χ0v) is 17.0. The molecule has 7 nitrogen and oxygen atoms in total. The number of nitrogens with one attached hydrogen (secondary N) is 2. The van der Waals surface area contributed by atoms with Crippen LogP contribution in [0.4, 0.5) is 18.3 Å². The summed E-state index contributed by atoms with van der Waals surface area (Å²) in [5, 5.41) is 4.53. The molecule has 0 aliphatic rings. The van der Waals surface area contributed by atoms with Crippen LogP contribution in [0.5, 0.6) is 0 Å². The summed E-state index contributed by atoms with van der Waals surface area (Å²) in [6.45, 7) is 1.73. The first-order valence-corrected chi connectivity index (χ1v) is 11.0. The van der Waals surface area contributed by atoms with E-state index in [1.165, 1.54) is 0 Å². The lowest BCUT2D eigenvalue weighted by Gasteiger charge is -2.08. The van der Waals surface area contributed by atoms with E-state index >= 15 is 0 Å². The number of amides is 1. The molecule has 13 heteroatoms. The first-order chi connectivity index (χ1) is 13.5. The number of hydrogen-bond acceptors (Lipinski definition) is 7. The Balaban J connectivity index is 1.67. The summed E-state index contributed by atoms with van der Waals surface area (Å²) in [7, 11) is -5.43. The minimum atomic E-state index is -5.43. The first-order valence-electron chi connectivity index (χ1n) is 7.83. The van der Waals surface area contributed by atoms with Crippen LogP contribution in [0.3, 0.4) is 0 Å². The van der Waals surface area contributed by atoms with Gasteiger partial charge in [0, 0.05) is 11.1 Å². The second-order valence-corrected chi connectivity index (χ2v) is 9.61. The highest BCUT2D eigenvalue weighted by atomic mass is 32.2. The van der Waals surface area contributed by atoms with Gasteiger partial charge >= 0.3 is 10.4 Å². The zero-order chi connectivity index (χ0) is 21.4. The van der Waals surface area contributed by atoms with Gasteiger partial charge in [0.2, 0.25) is 5.91 Å². The molecule has 1 aromatic carbocycles. The average Bonchev–Trinajstić information content (AvgIpc) is 3.20. The Morgan fingerprint density at radius 3 is 2.45 bits per heavy atom. The lowest BCUT2D eigenvalue weighted by Crippen LogP contribution is -2.23. The van der Waals surface area contributed by atoms with Gasteiger partial charge in [-0.1, -0.05) is 23.5 Å². The number of hydrogen-bond donors (Lipinski definition) is 2. The van der Waals surface area contributed by atoms with Gasteiger partial charge in [-0.05, 0) is 24.6 Å². The fraction of sp³-hybridized carbons (Fsp3) is 0.188. The van der Waals surface area contributed by atoms with Crippen molar-refractivity contribution in [1.29, 1.82) is 0 Å². The summed E-state index contributed by atoms with van der Waals surface area (Å²) in [6.07, 6.45) is -0.183. The van der Waals surface area contributed by atoms with E-state index in [4.69, 9.17) is 0 Å². The Hall–Kier alpha value is -2.51. The van der Waals surface area contributed by atoms with Crippen molar-refractivity contribution in [2.75, 3.05) is 5.32 Å². The molecular formula is C16H12F3N3O4S3. The van der Waals surface area contributed by atoms with Crippen molar-refractivity contribution in [1.82, 2.24) is 9.97 Å². The number of halogens is 3. The summed E-state index contributed by atoms with van der Waals surface area (Å²) in [6, 6.07) is 3.91. The van der Waals surface area contributed by atoms with Crippen molar-refractivity contribution in [2.45, 2.75) is 23.7 Å². The number of H-pyrrole nitrogens is 1. The lowest BCUT2D eigenvalue weighted by atomic mass is 10.1. The van der Waals surface area contributed by atoms with Crippen LogP contribution in [0.25, 0.3) is 10.6 Å². The molecule has 2 heterocycles. The standard InChI is InChI=1S/C16H12F3N3O4S3/c1-8-13(28-15(24)20-8)11-7-27-14(21-11)22-12(23)6-9-2-4-10(5-3-9)29(25,26)16(17,18)19/h2-5,7H,6H2,1H3,(H,20,24)(H,21,22,23). The van der Waals surface area contributed by atoms with Crippen LogP contribution >= 0.6 is 22.7 Å². The third-order valence-electron chi connectivity index (χ3n) is 3.71. The summed E-state index contributed by atoms with van der Waals surface area (Å²) in [5.41, 5.74) is -3.86. The molecule has 0 atom stereocenters. The Labute approximate surface area is 170 Å². The predicted molar refractivity (Wildman–Crippen MR) is 103 cm³/mol. The summed E-state index contributed by atoms with van der Waals surface area (Å²) in [4.78, 5) is 30.0. The van der Waals surface area contributed by atoms with E-state index in [1.807, 2.05) is 0 Å². The number of anilines is 1. The van der Waals surface area contributed by atoms with E-state index < -0.39 is 26.1 Å². The largest absolute Gasteiger partial charge is 0.501 e. The Bertz CT molecular complexity index is 1210. The van der Waals surface area contributed by atoms with Gasteiger partial charge in [-0.25, -0.2) is 13.4 Å². The minimum Gasteiger partial charge on any atom is -0.316 e. The maximum absolute atomic E-state index is 12.5. The van der Waals surface area contributed by atoms with E-state index in [9.17, 15) is 31.2 Å². The Morgan fingerprint density at radius 1 is 1.24 bits per heavy atom. The molecule has 0 saturated carbocycles. The number of sulfone groups is 1. The maximum Gasteiger partial charge on any atom is 0.501 e. The van der Waals surface area contributed by atoms with Crippen molar-refractivity contribution >= 4 is 43.5 Å². The topological polar surface area (TPSA) is 109 Å². The van der Waals surface area contributed by atoms with Gasteiger partial charge in [-0.15, -0.1) is 11.3 Å². The quantitative estimate of drug-likeness (QED) is 0.603. The van der Waals surface area contributed by atoms with Crippen molar-refractivity contribution in [3.63, 3.8) is 0 Å². The molecule has 0 spiro atoms. The summed E-state index contributed by atoms with van der Waals surface area (Å²) < 4.78 is 60.3. The molecule has 1 amide bonds. The number of aryl methyl sites for hydroxylation is 1. The van der Waals surface area contributed by atoms with Crippen LogP contribution in [0, 0.1) is 6.92 Å². The number of rotatable bonds is 5. The number of nitrogens with zero attached hydrogens (tertiary/aromatic N) is 1. The zero-order valence-electron chi connectivity index (χ0n) is 14.5. The van der Waals surface area contributed by atoms with Crippen LogP contribution in [-0.2, 0) is 21.1 Å². The molecule has 0 bridgehead atoms. The normalized spacial score (nSPS) is 12.1. The van der Waals surface area contributed by atoms with Crippen LogP contribution in [0.1, 0.15) is 11.3 Å². The maximum atomic E-state index is 12.5. The number of carbonyl (C=O) groups excluding carboxylic acids is 1. The van der Waals surface area contributed by atoms with Crippen LogP contribution in [0.15, 0.2) is 39.3 Å². The third kappa shape index (κ3) is 4.57. The number of thiazole rings is 2. The molecule has 0 aliphatic carbocycles. The molecule has 0 radical (unpaired) electrons. The van der Waals surface area contributed by atoms with Crippen molar-refractivity contribution in [2.24, 2.45) is 0 Å². The molecule has 0 saturated heterocycles. The molecule has 0 unspecified atom stereocenters. The van der Waals surface area contributed by atoms with Gasteiger partial charge in [-0.2, -0.15) is 13.2 Å². The van der Waals surface area contributed by atoms with Crippen molar-refractivity contribution in [3.8, 4) is 10.6 Å². The number of carbonyl (C=O) groups is 1. The molecule has 2 N–H and O–H groups in total. The SMILES string of the molecule is Cc1[nH]c(=O)sc1-c1csc(NC(=O)Cc2ccc(S(=O)(=O)C(F)(F)F)cc2)n1. The predicted octanol–water partition coefficient (Wildman–Crippen LogP) is 3.34. The van der Waals surface area contributed by atoms with Crippen LogP contribution in [0.2, 0.25) is 0 Å². The summed E-state index contributed by atoms with van der Waals surface area (Å²) in [5.74, 6) is -0.476. The molecule has 3 rings (SSSR count). The van der Waals surface area contributed by atoms with Gasteiger partial charge in [0.15, 0.2) is 5.13 Å². The van der Waals surface area contributed by atoms with Crippen molar-refractivity contribution in [3.05, 3.63) is 50.6 Å². The monoisotopic (exact) mass is 463 g/mol. The second-order valence-electron chi connectivity index (χ2n) is 5.82. The highest BCUT2D eigenvalue weighted by Crippen LogP contribution is 2.31. The number of aromatic amines is 1. The van der Waals surface area contributed by atoms with Crippen molar-refractivity contribution < 1.29 is 26.4 Å². The molecule has 3 aromatic rings. The van der Waals surface area contributed by atoms with Gasteiger partial charge in [0.1, 0.15) is 0 Å². The van der Waals surface area contributed by atoms with Crippen LogP contribution in [-0.4, -0.2) is 29.8 Å². The smallest absolute Gasteiger partial charge is 0.316 e. The minimum absolute atomic E-state index is 0.183. The Morgan fingerprint density at radius 2 is 1.90 bits per heavy atom. The fourth-order valence-electron chi connectivity index (χ4n) is 2.35. The fourth-order valence-corrected chi connectivity index (χ4v) is 4.71. The first kappa shape index (κ1) is 21.2. The highest BCUT2D eigenvalue weighted by Gasteiger charge is 2.46. The lowest BCUT2D eigenvalue weighted by molar-refractivity contribution is -0.115. The molecule has 29 heavy (non-hydrogen) atoms. The van der Waals surface area contributed by atoms with E-state index in [0.29, 0.717) is 27.0 Å². The Kier molecular flexibility index (Phi) is 5.65. The molecule has 2 aromatic heterocycles. The second kappa shape index (κ2) is 7.72. The molecule has 0 fully saturated rings. The molecule has 154 valence electrons.